The summed E-state index contributed by atoms with van der Waals surface area (Å²) >= 11 is 1.09. The highest BCUT2D eigenvalue weighted by atomic mass is 32.2. The fourth-order valence-electron chi connectivity index (χ4n) is 1.35. The van der Waals surface area contributed by atoms with Crippen LogP contribution in [0.15, 0.2) is 52.5 Å². The second-order valence-corrected chi connectivity index (χ2v) is 4.50. The van der Waals surface area contributed by atoms with Gasteiger partial charge in [-0.25, -0.2) is 4.98 Å². The Morgan fingerprint density at radius 2 is 1.68 bits per heavy atom. The summed E-state index contributed by atoms with van der Waals surface area (Å²) in [6.07, 6.45) is 1.46. The van der Waals surface area contributed by atoms with Gasteiger partial charge >= 0.3 is 5.69 Å². The average Bonchev–Trinajstić information content (AvgIpc) is 2.39. The van der Waals surface area contributed by atoms with Crippen molar-refractivity contribution in [2.45, 2.75) is 9.92 Å². The number of non-ortho nitro benzene ring substituents is 1. The third-order valence-electron chi connectivity index (χ3n) is 2.21. The van der Waals surface area contributed by atoms with E-state index in [1.807, 2.05) is 0 Å². The van der Waals surface area contributed by atoms with E-state index < -0.39 is 9.85 Å². The number of nitro groups is 2. The third-order valence-corrected chi connectivity index (χ3v) is 3.23. The van der Waals surface area contributed by atoms with E-state index in [4.69, 9.17) is 0 Å². The maximum Gasteiger partial charge on any atom is 0.301 e. The van der Waals surface area contributed by atoms with E-state index in [1.165, 1.54) is 42.6 Å². The molecule has 0 amide bonds. The summed E-state index contributed by atoms with van der Waals surface area (Å²) in [5.74, 6) is 0. The van der Waals surface area contributed by atoms with Crippen molar-refractivity contribution in [2.75, 3.05) is 0 Å². The number of hydrogen-bond donors (Lipinski definition) is 0. The molecule has 0 saturated carbocycles. The maximum absolute atomic E-state index is 10.8. The van der Waals surface area contributed by atoms with Crippen molar-refractivity contribution < 1.29 is 9.85 Å². The zero-order valence-corrected chi connectivity index (χ0v) is 10.2. The topological polar surface area (TPSA) is 99.2 Å². The first-order chi connectivity index (χ1) is 9.08. The van der Waals surface area contributed by atoms with Crippen LogP contribution in [0, 0.1) is 20.2 Å². The molecule has 0 bridgehead atoms. The molecule has 8 heteroatoms. The van der Waals surface area contributed by atoms with Gasteiger partial charge in [0.25, 0.3) is 5.69 Å². The summed E-state index contributed by atoms with van der Waals surface area (Å²) in [6.45, 7) is 0. The van der Waals surface area contributed by atoms with E-state index in [1.54, 1.807) is 0 Å². The number of pyridine rings is 1. The van der Waals surface area contributed by atoms with E-state index in [2.05, 4.69) is 4.98 Å². The molecule has 2 rings (SSSR count). The van der Waals surface area contributed by atoms with Crippen LogP contribution in [0.1, 0.15) is 0 Å². The van der Waals surface area contributed by atoms with E-state index in [-0.39, 0.29) is 16.4 Å². The summed E-state index contributed by atoms with van der Waals surface area (Å²) in [4.78, 5) is 24.9. The molecule has 0 aliphatic heterocycles. The zero-order valence-electron chi connectivity index (χ0n) is 9.42. The minimum Gasteiger partial charge on any atom is -0.258 e. The Kier molecular flexibility index (Phi) is 3.71. The number of hydrogen-bond acceptors (Lipinski definition) is 6. The highest BCUT2D eigenvalue weighted by Gasteiger charge is 2.15. The van der Waals surface area contributed by atoms with Gasteiger partial charge in [-0.3, -0.25) is 20.2 Å². The molecule has 19 heavy (non-hydrogen) atoms. The largest absolute Gasteiger partial charge is 0.301 e. The summed E-state index contributed by atoms with van der Waals surface area (Å²) in [5.41, 5.74) is -0.120. The Morgan fingerprint density at radius 3 is 2.26 bits per heavy atom. The third kappa shape index (κ3) is 3.05. The first-order valence-corrected chi connectivity index (χ1v) is 5.91. The lowest BCUT2D eigenvalue weighted by atomic mass is 10.3. The molecule has 0 aliphatic rings. The highest BCUT2D eigenvalue weighted by molar-refractivity contribution is 7.99. The van der Waals surface area contributed by atoms with Crippen LogP contribution >= 0.6 is 11.8 Å². The predicted molar refractivity (Wildman–Crippen MR) is 68.1 cm³/mol. The van der Waals surface area contributed by atoms with Crippen LogP contribution in [0.5, 0.6) is 0 Å². The second kappa shape index (κ2) is 5.44. The molecule has 0 radical (unpaired) electrons. The van der Waals surface area contributed by atoms with Crippen molar-refractivity contribution in [1.29, 1.82) is 0 Å². The lowest BCUT2D eigenvalue weighted by Crippen LogP contribution is -1.92. The van der Waals surface area contributed by atoms with Crippen molar-refractivity contribution in [3.05, 3.63) is 62.8 Å². The normalized spacial score (nSPS) is 10.1. The van der Waals surface area contributed by atoms with Gasteiger partial charge in [0, 0.05) is 29.3 Å². The Balaban J connectivity index is 2.26. The van der Waals surface area contributed by atoms with Gasteiger partial charge in [0.05, 0.1) is 9.85 Å². The summed E-state index contributed by atoms with van der Waals surface area (Å²) < 4.78 is 0. The van der Waals surface area contributed by atoms with Gasteiger partial charge in [-0.15, -0.1) is 0 Å². The van der Waals surface area contributed by atoms with E-state index in [9.17, 15) is 20.2 Å². The number of aromatic nitrogens is 1. The number of nitro benzene ring substituents is 1. The van der Waals surface area contributed by atoms with Gasteiger partial charge in [-0.05, 0) is 18.2 Å². The molecule has 0 unspecified atom stereocenters. The van der Waals surface area contributed by atoms with Gasteiger partial charge in [-0.2, -0.15) is 0 Å². The molecule has 7 nitrogen and oxygen atoms in total. The molecule has 0 fully saturated rings. The van der Waals surface area contributed by atoms with Crippen LogP contribution in [0.2, 0.25) is 0 Å². The monoisotopic (exact) mass is 277 g/mol. The van der Waals surface area contributed by atoms with Crippen molar-refractivity contribution >= 4 is 23.1 Å². The van der Waals surface area contributed by atoms with Crippen LogP contribution < -0.4 is 0 Å². The van der Waals surface area contributed by atoms with Gasteiger partial charge in [0.15, 0.2) is 5.03 Å². The Bertz CT molecular complexity index is 630. The Hall–Kier alpha value is -2.48. The summed E-state index contributed by atoms with van der Waals surface area (Å²) in [6, 6.07) is 8.59. The van der Waals surface area contributed by atoms with E-state index >= 15 is 0 Å². The van der Waals surface area contributed by atoms with Crippen LogP contribution in [0.3, 0.4) is 0 Å². The molecule has 0 saturated heterocycles. The van der Waals surface area contributed by atoms with Crippen LogP contribution in [0.4, 0.5) is 11.4 Å². The van der Waals surface area contributed by atoms with Crippen molar-refractivity contribution in [3.8, 4) is 0 Å². The maximum atomic E-state index is 10.8. The van der Waals surface area contributed by atoms with Crippen molar-refractivity contribution in [2.24, 2.45) is 0 Å². The predicted octanol–water partition coefficient (Wildman–Crippen LogP) is 3.05. The van der Waals surface area contributed by atoms with E-state index in [0.717, 1.165) is 11.8 Å². The molecule has 0 N–H and O–H groups in total. The molecule has 0 atom stereocenters. The molecule has 1 aromatic heterocycles. The Morgan fingerprint density at radius 1 is 1.00 bits per heavy atom. The van der Waals surface area contributed by atoms with Gasteiger partial charge in [-0.1, -0.05) is 11.8 Å². The number of rotatable bonds is 4. The van der Waals surface area contributed by atoms with Crippen molar-refractivity contribution in [3.63, 3.8) is 0 Å². The quantitative estimate of drug-likeness (QED) is 0.629. The average molecular weight is 277 g/mol. The fraction of sp³-hybridized carbons (Fsp3) is 0. The minimum absolute atomic E-state index is 0.0279. The van der Waals surface area contributed by atoms with E-state index in [0.29, 0.717) is 4.90 Å². The molecule has 0 aliphatic carbocycles. The number of nitrogens with zero attached hydrogens (tertiary/aromatic N) is 3. The fourth-order valence-corrected chi connectivity index (χ4v) is 2.20. The zero-order chi connectivity index (χ0) is 13.8. The smallest absolute Gasteiger partial charge is 0.258 e. The van der Waals surface area contributed by atoms with Gasteiger partial charge in [0.2, 0.25) is 0 Å². The van der Waals surface area contributed by atoms with Crippen LogP contribution in [-0.2, 0) is 0 Å². The van der Waals surface area contributed by atoms with Crippen LogP contribution in [0.25, 0.3) is 0 Å². The van der Waals surface area contributed by atoms with Gasteiger partial charge in [0.1, 0.15) is 0 Å². The molecular formula is C11H7N3O4S. The first-order valence-electron chi connectivity index (χ1n) is 5.09. The highest BCUT2D eigenvalue weighted by Crippen LogP contribution is 2.33. The van der Waals surface area contributed by atoms with Crippen molar-refractivity contribution in [1.82, 2.24) is 4.98 Å². The standard InChI is InChI=1S/C11H7N3O4S/c15-13(16)8-3-5-9(6-4-8)19-11-10(14(17)18)2-1-7-12-11/h1-7H. The lowest BCUT2D eigenvalue weighted by Gasteiger charge is -2.01. The minimum atomic E-state index is -0.513. The van der Waals surface area contributed by atoms with Gasteiger partial charge < -0.3 is 0 Å². The van der Waals surface area contributed by atoms with Crippen LogP contribution in [-0.4, -0.2) is 14.8 Å². The molecule has 96 valence electrons. The first kappa shape index (κ1) is 13.0. The molecule has 1 aromatic carbocycles. The summed E-state index contributed by atoms with van der Waals surface area (Å²) in [7, 11) is 0. The Labute approximate surface area is 111 Å². The molecule has 1 heterocycles. The molecule has 2 aromatic rings. The molecule has 0 spiro atoms. The summed E-state index contributed by atoms with van der Waals surface area (Å²) in [5, 5.41) is 21.6. The SMILES string of the molecule is O=[N+]([O-])c1ccc(Sc2ncccc2[N+](=O)[O-])cc1. The lowest BCUT2D eigenvalue weighted by molar-refractivity contribution is -0.388. The molecular weight excluding hydrogens is 270 g/mol. The number of benzene rings is 1. The second-order valence-electron chi connectivity index (χ2n) is 3.44.